The average molecular weight is 609 g/mol. The summed E-state index contributed by atoms with van der Waals surface area (Å²) >= 11 is 0. The number of nitrogens with zero attached hydrogens (tertiary/aromatic N) is 4. The largest absolute Gasteiger partial charge is 0.493 e. The summed E-state index contributed by atoms with van der Waals surface area (Å²) in [7, 11) is 6.35. The maximum absolute atomic E-state index is 9.88. The van der Waals surface area contributed by atoms with Gasteiger partial charge >= 0.3 is 0 Å². The van der Waals surface area contributed by atoms with Crippen molar-refractivity contribution in [1.29, 1.82) is 0 Å². The third-order valence-electron chi connectivity index (χ3n) is 6.47. The van der Waals surface area contributed by atoms with Crippen LogP contribution in [0, 0.1) is 0 Å². The smallest absolute Gasteiger partial charge is 0.225 e. The lowest BCUT2D eigenvalue weighted by Crippen LogP contribution is -2.19. The fourth-order valence-electron chi connectivity index (χ4n) is 4.25. The van der Waals surface area contributed by atoms with E-state index < -0.39 is 12.2 Å². The minimum absolute atomic E-state index is 0.240. The van der Waals surface area contributed by atoms with Gasteiger partial charge in [0.15, 0.2) is 34.6 Å². The van der Waals surface area contributed by atoms with Crippen LogP contribution in [-0.4, -0.2) is 83.9 Å². The Morgan fingerprint density at radius 1 is 0.568 bits per heavy atom. The molecule has 0 saturated heterocycles. The zero-order chi connectivity index (χ0) is 31.6. The van der Waals surface area contributed by atoms with E-state index >= 15 is 0 Å². The van der Waals surface area contributed by atoms with Gasteiger partial charge in [-0.2, -0.15) is 9.97 Å². The Balaban J connectivity index is 1.75. The molecule has 2 aromatic heterocycles. The van der Waals surface area contributed by atoms with Crippen LogP contribution in [0.4, 0.5) is 23.5 Å². The Bertz CT molecular complexity index is 1440. The van der Waals surface area contributed by atoms with Crippen LogP contribution in [0.15, 0.2) is 36.4 Å². The number of nitrogens with one attached hydrogen (secondary N) is 4. The number of hydrogen-bond acceptors (Lipinski definition) is 14. The maximum atomic E-state index is 9.88. The number of methoxy groups -OCH3 is 4. The number of aliphatic hydroxyl groups is 2. The second kappa shape index (κ2) is 15.1. The molecule has 0 aliphatic rings. The first kappa shape index (κ1) is 32.1. The van der Waals surface area contributed by atoms with Crippen LogP contribution in [0.3, 0.4) is 0 Å². The molecule has 236 valence electrons. The minimum atomic E-state index is -0.622. The highest BCUT2D eigenvalue weighted by Crippen LogP contribution is 2.31. The van der Waals surface area contributed by atoms with Gasteiger partial charge in [-0.25, -0.2) is 9.97 Å². The molecule has 14 heteroatoms. The van der Waals surface area contributed by atoms with Crippen molar-refractivity contribution in [3.8, 4) is 23.0 Å². The molecule has 0 bridgehead atoms. The van der Waals surface area contributed by atoms with Gasteiger partial charge in [-0.15, -0.1) is 0 Å². The summed E-state index contributed by atoms with van der Waals surface area (Å²) in [6.07, 6.45) is -1.24. The van der Waals surface area contributed by atoms with Gasteiger partial charge in [-0.05, 0) is 49.2 Å². The van der Waals surface area contributed by atoms with Crippen molar-refractivity contribution in [2.24, 2.45) is 0 Å². The third kappa shape index (κ3) is 8.17. The molecule has 0 radical (unpaired) electrons. The summed E-state index contributed by atoms with van der Waals surface area (Å²) in [6, 6.07) is 11.3. The van der Waals surface area contributed by atoms with E-state index in [4.69, 9.17) is 28.9 Å². The summed E-state index contributed by atoms with van der Waals surface area (Å²) in [5, 5.41) is 32.7. The number of fused-ring (bicyclic) bond motifs is 1. The second-order valence-electron chi connectivity index (χ2n) is 10.0. The number of anilines is 4. The number of benzene rings is 2. The van der Waals surface area contributed by atoms with Gasteiger partial charge in [-0.3, -0.25) is 0 Å². The molecule has 6 N–H and O–H groups in total. The van der Waals surface area contributed by atoms with E-state index in [-0.39, 0.29) is 25.0 Å². The van der Waals surface area contributed by atoms with Crippen molar-refractivity contribution in [3.05, 3.63) is 47.5 Å². The highest BCUT2D eigenvalue weighted by Gasteiger charge is 2.18. The van der Waals surface area contributed by atoms with Gasteiger partial charge in [-0.1, -0.05) is 12.1 Å². The number of aliphatic hydroxyl groups excluding tert-OH is 2. The topological polar surface area (TPSA) is 177 Å². The Morgan fingerprint density at radius 3 is 1.30 bits per heavy atom. The van der Waals surface area contributed by atoms with Crippen LogP contribution >= 0.6 is 0 Å². The third-order valence-corrected chi connectivity index (χ3v) is 6.47. The highest BCUT2D eigenvalue weighted by atomic mass is 16.5. The van der Waals surface area contributed by atoms with Gasteiger partial charge in [0.25, 0.3) is 0 Å². The SMILES string of the molecule is COc1ccc(CNc2nc(NC[C@H](C)O)nc3c(NCc4ccc(OC)c(OC)c4)nc(NC[C@H](C)O)nc23)cc1OC. The molecule has 4 rings (SSSR count). The normalized spacial score (nSPS) is 12.3. The van der Waals surface area contributed by atoms with E-state index in [0.29, 0.717) is 58.8 Å². The first-order chi connectivity index (χ1) is 21.2. The standard InChI is InChI=1S/C30H40N8O6/c1-17(39)13-33-29-35-25-26(27(37-29)31-15-19-7-9-21(41-3)23(11-19)43-5)36-30(34-14-18(2)40)38-28(25)32-16-20-8-10-22(42-4)24(12-20)44-6/h7-12,17-18,39-40H,13-16H2,1-6H3,(H2,31,33,35,37)(H2,32,34,36,38)/t17-,18-/m0/s1. The lowest BCUT2D eigenvalue weighted by molar-refractivity contribution is 0.207. The molecule has 0 fully saturated rings. The summed E-state index contributed by atoms with van der Waals surface area (Å²) < 4.78 is 21.6. The van der Waals surface area contributed by atoms with Crippen LogP contribution in [-0.2, 0) is 13.1 Å². The van der Waals surface area contributed by atoms with Crippen LogP contribution < -0.4 is 40.2 Å². The molecule has 2 aromatic carbocycles. The first-order valence-electron chi connectivity index (χ1n) is 14.1. The van der Waals surface area contributed by atoms with Crippen molar-refractivity contribution in [2.75, 3.05) is 62.8 Å². The molecule has 2 heterocycles. The molecule has 4 aromatic rings. The van der Waals surface area contributed by atoms with Gasteiger partial charge in [0.05, 0.1) is 40.6 Å². The van der Waals surface area contributed by atoms with Gasteiger partial charge < -0.3 is 50.4 Å². The Hall–Kier alpha value is -4.82. The van der Waals surface area contributed by atoms with Crippen molar-refractivity contribution in [1.82, 2.24) is 19.9 Å². The molecule has 0 aliphatic carbocycles. The average Bonchev–Trinajstić information content (AvgIpc) is 3.03. The summed E-state index contributed by atoms with van der Waals surface area (Å²) in [5.41, 5.74) is 2.74. The van der Waals surface area contributed by atoms with E-state index in [1.165, 1.54) is 0 Å². The summed E-state index contributed by atoms with van der Waals surface area (Å²) in [6.45, 7) is 4.59. The molecule has 2 atom stereocenters. The zero-order valence-electron chi connectivity index (χ0n) is 25.8. The van der Waals surface area contributed by atoms with Crippen molar-refractivity contribution >= 4 is 34.6 Å². The predicted molar refractivity (Wildman–Crippen MR) is 169 cm³/mol. The number of rotatable bonds is 16. The van der Waals surface area contributed by atoms with Gasteiger partial charge in [0.1, 0.15) is 11.0 Å². The van der Waals surface area contributed by atoms with E-state index in [1.54, 1.807) is 42.3 Å². The molecular formula is C30H40N8O6. The fourth-order valence-corrected chi connectivity index (χ4v) is 4.25. The van der Waals surface area contributed by atoms with Crippen molar-refractivity contribution in [3.63, 3.8) is 0 Å². The van der Waals surface area contributed by atoms with Crippen molar-refractivity contribution in [2.45, 2.75) is 39.1 Å². The second-order valence-corrected chi connectivity index (χ2v) is 10.0. The molecular weight excluding hydrogens is 568 g/mol. The minimum Gasteiger partial charge on any atom is -0.493 e. The summed E-state index contributed by atoms with van der Waals surface area (Å²) in [5.74, 6) is 3.91. The fraction of sp³-hybridized carbons (Fsp3) is 0.400. The molecule has 0 amide bonds. The number of aromatic nitrogens is 4. The highest BCUT2D eigenvalue weighted by molar-refractivity contribution is 5.94. The van der Waals surface area contributed by atoms with Crippen LogP contribution in [0.5, 0.6) is 23.0 Å². The van der Waals surface area contributed by atoms with Crippen LogP contribution in [0.25, 0.3) is 11.0 Å². The van der Waals surface area contributed by atoms with E-state index in [0.717, 1.165) is 11.1 Å². The van der Waals surface area contributed by atoms with E-state index in [1.807, 2.05) is 36.4 Å². The van der Waals surface area contributed by atoms with Crippen molar-refractivity contribution < 1.29 is 29.2 Å². The molecule has 0 aliphatic heterocycles. The van der Waals surface area contributed by atoms with E-state index in [2.05, 4.69) is 31.2 Å². The number of ether oxygens (including phenoxy) is 4. The molecule has 14 nitrogen and oxygen atoms in total. The molecule has 0 saturated carbocycles. The van der Waals surface area contributed by atoms with Gasteiger partial charge in [0, 0.05) is 26.2 Å². The first-order valence-corrected chi connectivity index (χ1v) is 14.1. The quantitative estimate of drug-likeness (QED) is 0.109. The summed E-state index contributed by atoms with van der Waals surface area (Å²) in [4.78, 5) is 18.8. The van der Waals surface area contributed by atoms with Crippen LogP contribution in [0.1, 0.15) is 25.0 Å². The van der Waals surface area contributed by atoms with Crippen LogP contribution in [0.2, 0.25) is 0 Å². The Morgan fingerprint density at radius 2 is 0.955 bits per heavy atom. The zero-order valence-corrected chi connectivity index (χ0v) is 25.8. The lowest BCUT2D eigenvalue weighted by atomic mass is 10.2. The Labute approximate surface area is 256 Å². The molecule has 0 unspecified atom stereocenters. The maximum Gasteiger partial charge on any atom is 0.225 e. The monoisotopic (exact) mass is 608 g/mol. The van der Waals surface area contributed by atoms with Gasteiger partial charge in [0.2, 0.25) is 11.9 Å². The molecule has 44 heavy (non-hydrogen) atoms. The lowest BCUT2D eigenvalue weighted by Gasteiger charge is -2.17. The predicted octanol–water partition coefficient (Wildman–Crippen LogP) is 3.26. The number of hydrogen-bond donors (Lipinski definition) is 6. The Kier molecular flexibility index (Phi) is 11.0. The van der Waals surface area contributed by atoms with E-state index in [9.17, 15) is 10.2 Å². The molecule has 0 spiro atoms.